The van der Waals surface area contributed by atoms with Gasteiger partial charge in [-0.1, -0.05) is 18.2 Å². The van der Waals surface area contributed by atoms with E-state index in [9.17, 15) is 17.4 Å². The quantitative estimate of drug-likeness (QED) is 0.310. The molecule has 2 aromatic rings. The van der Waals surface area contributed by atoms with E-state index in [0.29, 0.717) is 12.0 Å². The standard InChI is InChI=1S/C24H33N3O4S2/c1-19(32(2)29)33(30,31)24-12-11-20(18-22(24)25)23(28)10-6-7-13-26-14-16-27(17-15-26)21-8-4-3-5-9-21/h3-5,8-9,11-12,18-19H,6-7,10,13-17,25H2,1-2H3. The van der Waals surface area contributed by atoms with Gasteiger partial charge in [-0.25, -0.2) is 8.42 Å². The molecule has 1 aliphatic rings. The van der Waals surface area contributed by atoms with Gasteiger partial charge >= 0.3 is 0 Å². The summed E-state index contributed by atoms with van der Waals surface area (Å²) in [4.78, 5) is 17.3. The van der Waals surface area contributed by atoms with Gasteiger partial charge in [0.05, 0.1) is 10.6 Å². The Morgan fingerprint density at radius 2 is 1.73 bits per heavy atom. The molecule has 0 spiro atoms. The topological polar surface area (TPSA) is 101 Å². The third-order valence-electron chi connectivity index (χ3n) is 6.16. The molecule has 1 fully saturated rings. The molecule has 33 heavy (non-hydrogen) atoms. The summed E-state index contributed by atoms with van der Waals surface area (Å²) < 4.78 is 35.7. The number of para-hydroxylation sites is 1. The van der Waals surface area contributed by atoms with Gasteiger partial charge in [0, 0.05) is 60.9 Å². The monoisotopic (exact) mass is 491 g/mol. The third kappa shape index (κ3) is 6.43. The maximum Gasteiger partial charge on any atom is 0.194 e. The van der Waals surface area contributed by atoms with Crippen molar-refractivity contribution < 1.29 is 17.4 Å². The van der Waals surface area contributed by atoms with Crippen LogP contribution in [0.25, 0.3) is 0 Å². The highest BCUT2D eigenvalue weighted by Crippen LogP contribution is 2.26. The fraction of sp³-hybridized carbons (Fsp3) is 0.458. The average molecular weight is 492 g/mol. The number of nitrogen functional groups attached to an aromatic ring is 1. The normalized spacial score (nSPS) is 17.0. The first-order chi connectivity index (χ1) is 15.7. The molecule has 7 nitrogen and oxygen atoms in total. The Morgan fingerprint density at radius 1 is 1.06 bits per heavy atom. The Bertz CT molecular complexity index is 1080. The minimum atomic E-state index is -3.81. The van der Waals surface area contributed by atoms with Crippen molar-refractivity contribution in [3.8, 4) is 0 Å². The Hall–Kier alpha value is -2.23. The number of nitrogens with two attached hydrogens (primary N) is 1. The zero-order valence-electron chi connectivity index (χ0n) is 19.3. The zero-order valence-corrected chi connectivity index (χ0v) is 20.9. The Kier molecular flexibility index (Phi) is 8.67. The lowest BCUT2D eigenvalue weighted by atomic mass is 10.0. The van der Waals surface area contributed by atoms with E-state index < -0.39 is 25.2 Å². The molecule has 0 aliphatic carbocycles. The van der Waals surface area contributed by atoms with Crippen molar-refractivity contribution in [2.45, 2.75) is 35.7 Å². The van der Waals surface area contributed by atoms with Crippen LogP contribution in [-0.4, -0.2) is 66.9 Å². The first-order valence-electron chi connectivity index (χ1n) is 11.2. The number of hydrogen-bond donors (Lipinski definition) is 1. The van der Waals surface area contributed by atoms with Crippen molar-refractivity contribution in [3.63, 3.8) is 0 Å². The van der Waals surface area contributed by atoms with Gasteiger partial charge in [-0.15, -0.1) is 0 Å². The van der Waals surface area contributed by atoms with Crippen molar-refractivity contribution in [2.24, 2.45) is 0 Å². The summed E-state index contributed by atoms with van der Waals surface area (Å²) >= 11 is 0. The van der Waals surface area contributed by atoms with Crippen molar-refractivity contribution >= 4 is 37.8 Å². The number of unbranched alkanes of at least 4 members (excludes halogenated alkanes) is 1. The van der Waals surface area contributed by atoms with Crippen LogP contribution < -0.4 is 10.6 Å². The van der Waals surface area contributed by atoms with Crippen LogP contribution in [0.2, 0.25) is 0 Å². The molecule has 2 atom stereocenters. The van der Waals surface area contributed by atoms with E-state index >= 15 is 0 Å². The number of nitrogens with zero attached hydrogens (tertiary/aromatic N) is 2. The highest BCUT2D eigenvalue weighted by Gasteiger charge is 2.28. The van der Waals surface area contributed by atoms with Crippen molar-refractivity contribution in [2.75, 3.05) is 49.6 Å². The number of sulfone groups is 1. The predicted octanol–water partition coefficient (Wildman–Crippen LogP) is 2.94. The van der Waals surface area contributed by atoms with Crippen molar-refractivity contribution in [1.82, 2.24) is 4.90 Å². The lowest BCUT2D eigenvalue weighted by molar-refractivity contribution is 0.0977. The minimum Gasteiger partial charge on any atom is -0.398 e. The second-order valence-electron chi connectivity index (χ2n) is 8.41. The molecular formula is C24H33N3O4S2. The highest BCUT2D eigenvalue weighted by molar-refractivity contribution is 8.06. The van der Waals surface area contributed by atoms with Gasteiger partial charge in [0.2, 0.25) is 0 Å². The van der Waals surface area contributed by atoms with Gasteiger partial charge in [0.25, 0.3) is 0 Å². The molecule has 2 unspecified atom stereocenters. The molecule has 180 valence electrons. The van der Waals surface area contributed by atoms with E-state index in [1.54, 1.807) is 0 Å². The number of hydrogen-bond acceptors (Lipinski definition) is 7. The van der Waals surface area contributed by atoms with Crippen LogP contribution in [0.3, 0.4) is 0 Å². The van der Waals surface area contributed by atoms with Gasteiger partial charge in [0.15, 0.2) is 15.6 Å². The van der Waals surface area contributed by atoms with E-state index in [4.69, 9.17) is 5.73 Å². The second-order valence-corrected chi connectivity index (χ2v) is 12.6. The van der Waals surface area contributed by atoms with Crippen LogP contribution >= 0.6 is 0 Å². The van der Waals surface area contributed by atoms with Gasteiger partial charge in [-0.3, -0.25) is 13.9 Å². The predicted molar refractivity (Wildman–Crippen MR) is 135 cm³/mol. The van der Waals surface area contributed by atoms with E-state index in [0.717, 1.165) is 45.6 Å². The van der Waals surface area contributed by atoms with E-state index in [1.165, 1.54) is 37.1 Å². The Balaban J connectivity index is 1.45. The summed E-state index contributed by atoms with van der Waals surface area (Å²) in [5, 5.41) is 0. The summed E-state index contributed by atoms with van der Waals surface area (Å²) in [5.41, 5.74) is 7.64. The lowest BCUT2D eigenvalue weighted by Gasteiger charge is -2.36. The maximum absolute atomic E-state index is 12.6. The molecule has 2 N–H and O–H groups in total. The molecule has 0 aromatic heterocycles. The molecule has 2 aromatic carbocycles. The number of ketones is 1. The third-order valence-corrected chi connectivity index (χ3v) is 10.5. The zero-order chi connectivity index (χ0) is 24.0. The Labute approximate surface area is 199 Å². The van der Waals surface area contributed by atoms with Gasteiger partial charge in [-0.2, -0.15) is 0 Å². The molecule has 3 rings (SSSR count). The number of carbonyl (C=O) groups is 1. The largest absolute Gasteiger partial charge is 0.398 e. The number of Topliss-reactive ketones (excluding diaryl/α,β-unsaturated/α-hetero) is 1. The van der Waals surface area contributed by atoms with Gasteiger partial charge in [-0.05, 0) is 56.6 Å². The fourth-order valence-electron chi connectivity index (χ4n) is 3.97. The highest BCUT2D eigenvalue weighted by atomic mass is 32.3. The first-order valence-corrected chi connectivity index (χ1v) is 14.4. The summed E-state index contributed by atoms with van der Waals surface area (Å²) in [6.45, 7) is 6.38. The maximum atomic E-state index is 12.6. The summed E-state index contributed by atoms with van der Waals surface area (Å²) in [5.74, 6) is -0.0494. The van der Waals surface area contributed by atoms with Crippen molar-refractivity contribution in [3.05, 3.63) is 54.1 Å². The fourth-order valence-corrected chi connectivity index (χ4v) is 6.71. The molecule has 0 bridgehead atoms. The van der Waals surface area contributed by atoms with Crippen LogP contribution in [0.1, 0.15) is 36.5 Å². The Morgan fingerprint density at radius 3 is 2.33 bits per heavy atom. The molecule has 0 radical (unpaired) electrons. The van der Waals surface area contributed by atoms with E-state index in [2.05, 4.69) is 34.1 Å². The van der Waals surface area contributed by atoms with Crippen molar-refractivity contribution in [1.29, 1.82) is 0 Å². The smallest absolute Gasteiger partial charge is 0.194 e. The number of benzene rings is 2. The molecule has 0 amide bonds. The van der Waals surface area contributed by atoms with Crippen LogP contribution in [-0.2, 0) is 20.6 Å². The molecule has 1 saturated heterocycles. The molecule has 1 aliphatic heterocycles. The van der Waals surface area contributed by atoms with Crippen LogP contribution in [0.4, 0.5) is 11.4 Å². The second kappa shape index (κ2) is 11.3. The molecule has 1 heterocycles. The number of piperazine rings is 1. The molecular weight excluding hydrogens is 458 g/mol. The van der Waals surface area contributed by atoms with Crippen LogP contribution in [0, 0.1) is 0 Å². The van der Waals surface area contributed by atoms with Crippen LogP contribution in [0.5, 0.6) is 0 Å². The van der Waals surface area contributed by atoms with E-state index in [1.807, 2.05) is 6.07 Å². The number of carbonyl (C=O) groups excluding carboxylic acids is 1. The number of anilines is 2. The number of rotatable bonds is 10. The molecule has 0 saturated carbocycles. The van der Waals surface area contributed by atoms with Crippen LogP contribution in [0.15, 0.2) is 53.4 Å². The van der Waals surface area contributed by atoms with E-state index in [-0.39, 0.29) is 16.4 Å². The molecule has 9 heteroatoms. The SMILES string of the molecule is CC(S(C)=O)S(=O)(=O)c1ccc(C(=O)CCCCN2CCN(c3ccccc3)CC2)cc1N. The minimum absolute atomic E-state index is 0.0226. The van der Waals surface area contributed by atoms with Gasteiger partial charge in [0.1, 0.15) is 4.58 Å². The summed E-state index contributed by atoms with van der Waals surface area (Å²) in [7, 11) is -5.35. The van der Waals surface area contributed by atoms with Gasteiger partial charge < -0.3 is 10.6 Å². The summed E-state index contributed by atoms with van der Waals surface area (Å²) in [6, 6.07) is 14.7. The first kappa shape index (κ1) is 25.4. The lowest BCUT2D eigenvalue weighted by Crippen LogP contribution is -2.46. The summed E-state index contributed by atoms with van der Waals surface area (Å²) in [6.07, 6.45) is 3.44. The average Bonchev–Trinajstić information content (AvgIpc) is 2.81.